The number of aryl methyl sites for hydroxylation is 1. The largest absolute Gasteiger partial charge is 0.493 e. The first-order valence-corrected chi connectivity index (χ1v) is 6.32. The molecule has 4 heteroatoms. The standard InChI is InChI=1S/C14H21NO3/c1-17-12-7-10-5-3-4-6-14(16,9-15)11(10)8-13(12)18-2/h7-8,16H,3-6,9,15H2,1-2H3. The van der Waals surface area contributed by atoms with Crippen molar-refractivity contribution in [3.05, 3.63) is 23.3 Å². The first kappa shape index (κ1) is 13.2. The Balaban J connectivity index is 2.56. The van der Waals surface area contributed by atoms with E-state index in [9.17, 15) is 5.11 Å². The highest BCUT2D eigenvalue weighted by Crippen LogP contribution is 2.39. The molecule has 0 saturated carbocycles. The summed E-state index contributed by atoms with van der Waals surface area (Å²) in [6, 6.07) is 3.83. The Morgan fingerprint density at radius 1 is 1.22 bits per heavy atom. The molecule has 0 aliphatic heterocycles. The molecule has 1 aromatic carbocycles. The number of nitrogens with two attached hydrogens (primary N) is 1. The first-order chi connectivity index (χ1) is 8.64. The Morgan fingerprint density at radius 2 is 1.89 bits per heavy atom. The molecule has 1 aliphatic rings. The highest BCUT2D eigenvalue weighted by Gasteiger charge is 2.32. The van der Waals surface area contributed by atoms with E-state index in [0.29, 0.717) is 17.9 Å². The van der Waals surface area contributed by atoms with Crippen LogP contribution in [0.4, 0.5) is 0 Å². The molecule has 18 heavy (non-hydrogen) atoms. The van der Waals surface area contributed by atoms with E-state index in [2.05, 4.69) is 0 Å². The van der Waals surface area contributed by atoms with E-state index in [1.807, 2.05) is 12.1 Å². The molecule has 1 atom stereocenters. The van der Waals surface area contributed by atoms with Gasteiger partial charge in [-0.05, 0) is 48.9 Å². The van der Waals surface area contributed by atoms with Crippen molar-refractivity contribution in [1.29, 1.82) is 0 Å². The quantitative estimate of drug-likeness (QED) is 0.800. The summed E-state index contributed by atoms with van der Waals surface area (Å²) in [7, 11) is 3.22. The highest BCUT2D eigenvalue weighted by atomic mass is 16.5. The monoisotopic (exact) mass is 251 g/mol. The van der Waals surface area contributed by atoms with Gasteiger partial charge in [0.2, 0.25) is 0 Å². The van der Waals surface area contributed by atoms with Crippen LogP contribution < -0.4 is 15.2 Å². The van der Waals surface area contributed by atoms with E-state index in [0.717, 1.165) is 30.4 Å². The van der Waals surface area contributed by atoms with Crippen LogP contribution in [0.3, 0.4) is 0 Å². The average molecular weight is 251 g/mol. The second kappa shape index (κ2) is 5.16. The van der Waals surface area contributed by atoms with Crippen molar-refractivity contribution < 1.29 is 14.6 Å². The van der Waals surface area contributed by atoms with Gasteiger partial charge < -0.3 is 20.3 Å². The zero-order valence-electron chi connectivity index (χ0n) is 11.0. The van der Waals surface area contributed by atoms with Gasteiger partial charge >= 0.3 is 0 Å². The Hall–Kier alpha value is -1.26. The summed E-state index contributed by atoms with van der Waals surface area (Å²) in [6.45, 7) is 0.232. The van der Waals surface area contributed by atoms with Crippen molar-refractivity contribution in [2.75, 3.05) is 20.8 Å². The molecule has 0 aromatic heterocycles. The minimum Gasteiger partial charge on any atom is -0.493 e. The molecule has 0 radical (unpaired) electrons. The second-order valence-corrected chi connectivity index (χ2v) is 4.81. The number of benzene rings is 1. The molecule has 2 rings (SSSR count). The molecule has 1 aliphatic carbocycles. The van der Waals surface area contributed by atoms with Gasteiger partial charge in [0.25, 0.3) is 0 Å². The lowest BCUT2D eigenvalue weighted by Crippen LogP contribution is -2.35. The van der Waals surface area contributed by atoms with Crippen molar-refractivity contribution >= 4 is 0 Å². The summed E-state index contributed by atoms with van der Waals surface area (Å²) in [5, 5.41) is 10.7. The number of aliphatic hydroxyl groups is 1. The van der Waals surface area contributed by atoms with E-state index in [-0.39, 0.29) is 6.54 Å². The Bertz CT molecular complexity index is 433. The normalized spacial score (nSPS) is 23.1. The fourth-order valence-electron chi connectivity index (χ4n) is 2.64. The molecule has 1 unspecified atom stereocenters. The SMILES string of the molecule is COc1cc2c(cc1OC)C(O)(CN)CCCC2. The number of rotatable bonds is 3. The van der Waals surface area contributed by atoms with E-state index in [1.54, 1.807) is 14.2 Å². The third-order valence-corrected chi connectivity index (χ3v) is 3.73. The van der Waals surface area contributed by atoms with E-state index >= 15 is 0 Å². The average Bonchev–Trinajstić information content (AvgIpc) is 2.57. The number of hydrogen-bond donors (Lipinski definition) is 2. The summed E-state index contributed by atoms with van der Waals surface area (Å²) in [5.41, 5.74) is 6.82. The van der Waals surface area contributed by atoms with Crippen LogP contribution in [0.2, 0.25) is 0 Å². The molecule has 0 bridgehead atoms. The number of ether oxygens (including phenoxy) is 2. The lowest BCUT2D eigenvalue weighted by Gasteiger charge is -2.28. The maximum absolute atomic E-state index is 10.7. The van der Waals surface area contributed by atoms with Crippen LogP contribution in [0.15, 0.2) is 12.1 Å². The first-order valence-electron chi connectivity index (χ1n) is 6.32. The van der Waals surface area contributed by atoms with Gasteiger partial charge in [-0.2, -0.15) is 0 Å². The summed E-state index contributed by atoms with van der Waals surface area (Å²) in [5.74, 6) is 1.35. The van der Waals surface area contributed by atoms with E-state index in [1.165, 1.54) is 0 Å². The topological polar surface area (TPSA) is 64.7 Å². The predicted molar refractivity (Wildman–Crippen MR) is 70.1 cm³/mol. The fraction of sp³-hybridized carbons (Fsp3) is 0.571. The molecular weight excluding hydrogens is 230 g/mol. The minimum atomic E-state index is -0.939. The molecule has 3 N–H and O–H groups in total. The Kier molecular flexibility index (Phi) is 3.78. The van der Waals surface area contributed by atoms with Crippen LogP contribution in [0.25, 0.3) is 0 Å². The molecule has 0 heterocycles. The number of fused-ring (bicyclic) bond motifs is 1. The second-order valence-electron chi connectivity index (χ2n) is 4.81. The van der Waals surface area contributed by atoms with Crippen LogP contribution in [0.1, 0.15) is 30.4 Å². The van der Waals surface area contributed by atoms with Gasteiger partial charge in [-0.25, -0.2) is 0 Å². The highest BCUT2D eigenvalue weighted by molar-refractivity contribution is 5.50. The third-order valence-electron chi connectivity index (χ3n) is 3.73. The van der Waals surface area contributed by atoms with Gasteiger partial charge in [-0.1, -0.05) is 0 Å². The predicted octanol–water partition coefficient (Wildman–Crippen LogP) is 1.58. The van der Waals surface area contributed by atoms with Gasteiger partial charge in [0.15, 0.2) is 11.5 Å². The zero-order chi connectivity index (χ0) is 13.2. The van der Waals surface area contributed by atoms with E-state index in [4.69, 9.17) is 15.2 Å². The van der Waals surface area contributed by atoms with Gasteiger partial charge in [-0.15, -0.1) is 0 Å². The van der Waals surface area contributed by atoms with Crippen LogP contribution >= 0.6 is 0 Å². The molecule has 0 amide bonds. The van der Waals surface area contributed by atoms with Crippen molar-refractivity contribution in [3.8, 4) is 11.5 Å². The molecule has 0 saturated heterocycles. The smallest absolute Gasteiger partial charge is 0.161 e. The van der Waals surface area contributed by atoms with Crippen molar-refractivity contribution in [3.63, 3.8) is 0 Å². The summed E-state index contributed by atoms with van der Waals surface area (Å²) in [6.07, 6.45) is 3.68. The van der Waals surface area contributed by atoms with Gasteiger partial charge in [0, 0.05) is 6.54 Å². The van der Waals surface area contributed by atoms with Crippen molar-refractivity contribution in [1.82, 2.24) is 0 Å². The van der Waals surface area contributed by atoms with Gasteiger partial charge in [0.1, 0.15) is 5.60 Å². The third kappa shape index (κ3) is 2.18. The van der Waals surface area contributed by atoms with E-state index < -0.39 is 5.60 Å². The minimum absolute atomic E-state index is 0.232. The summed E-state index contributed by atoms with van der Waals surface area (Å²) in [4.78, 5) is 0. The van der Waals surface area contributed by atoms with Crippen LogP contribution in [-0.4, -0.2) is 25.9 Å². The number of hydrogen-bond acceptors (Lipinski definition) is 4. The fourth-order valence-corrected chi connectivity index (χ4v) is 2.64. The molecule has 1 aromatic rings. The van der Waals surface area contributed by atoms with Crippen LogP contribution in [0.5, 0.6) is 11.5 Å². The molecule has 0 spiro atoms. The van der Waals surface area contributed by atoms with Crippen LogP contribution in [0, 0.1) is 0 Å². The Labute approximate surface area is 108 Å². The summed E-state index contributed by atoms with van der Waals surface area (Å²) < 4.78 is 10.6. The van der Waals surface area contributed by atoms with Crippen LogP contribution in [-0.2, 0) is 12.0 Å². The lowest BCUT2D eigenvalue weighted by atomic mass is 9.87. The number of methoxy groups -OCH3 is 2. The van der Waals surface area contributed by atoms with Gasteiger partial charge in [0.05, 0.1) is 14.2 Å². The Morgan fingerprint density at radius 3 is 2.50 bits per heavy atom. The van der Waals surface area contributed by atoms with Gasteiger partial charge in [-0.3, -0.25) is 0 Å². The molecule has 4 nitrogen and oxygen atoms in total. The maximum Gasteiger partial charge on any atom is 0.161 e. The van der Waals surface area contributed by atoms with Crippen molar-refractivity contribution in [2.45, 2.75) is 31.3 Å². The lowest BCUT2D eigenvalue weighted by molar-refractivity contribution is 0.0360. The van der Waals surface area contributed by atoms with Crippen molar-refractivity contribution in [2.24, 2.45) is 5.73 Å². The molecule has 100 valence electrons. The molecular formula is C14H21NO3. The summed E-state index contributed by atoms with van der Waals surface area (Å²) >= 11 is 0. The maximum atomic E-state index is 10.7. The molecule has 0 fully saturated rings. The zero-order valence-corrected chi connectivity index (χ0v) is 11.0.